The quantitative estimate of drug-likeness (QED) is 0.0719. The molecule has 0 radical (unpaired) electrons. The molecule has 0 aliphatic rings. The number of hydrogen-bond acceptors (Lipinski definition) is 3. The van der Waals surface area contributed by atoms with Crippen LogP contribution >= 0.6 is 8.25 Å². The van der Waals surface area contributed by atoms with Gasteiger partial charge in [-0.25, -0.2) is 0 Å². The monoisotopic (exact) mass is 716 g/mol. The largest absolute Gasteiger partial charge is 0.598 e. The second-order valence-corrected chi connectivity index (χ2v) is 14.9. The van der Waals surface area contributed by atoms with Gasteiger partial charge in [-0.15, -0.1) is 0 Å². The highest BCUT2D eigenvalue weighted by Gasteiger charge is 2.32. The number of hydrogen-bond donors (Lipinski definition) is 0. The van der Waals surface area contributed by atoms with E-state index in [1.54, 1.807) is 22.5 Å². The van der Waals surface area contributed by atoms with Crippen molar-refractivity contribution in [3.8, 4) is 0 Å². The Balaban J connectivity index is 0.000000867. The number of rotatable bonds is 26. The van der Waals surface area contributed by atoms with E-state index in [9.17, 15) is 0 Å². The zero-order valence-electron chi connectivity index (χ0n) is 34.2. The van der Waals surface area contributed by atoms with Crippen LogP contribution in [0.15, 0.2) is 48.5 Å². The summed E-state index contributed by atoms with van der Waals surface area (Å²) in [5.41, 5.74) is 6.49. The lowest BCUT2D eigenvalue weighted by Crippen LogP contribution is -2.52. The van der Waals surface area contributed by atoms with E-state index < -0.39 is 8.25 Å². The Kier molecular flexibility index (Phi) is 30.0. The molecule has 50 heavy (non-hydrogen) atoms. The molecule has 2 rings (SSSR count). The highest BCUT2D eigenvalue weighted by molar-refractivity contribution is 7.27. The van der Waals surface area contributed by atoms with E-state index in [-0.39, 0.29) is 0 Å². The molecule has 0 saturated carbocycles. The van der Waals surface area contributed by atoms with Crippen molar-refractivity contribution in [2.75, 3.05) is 39.3 Å². The summed E-state index contributed by atoms with van der Waals surface area (Å²) in [5, 5.41) is 0. The van der Waals surface area contributed by atoms with Crippen molar-refractivity contribution in [2.45, 2.75) is 171 Å². The minimum atomic E-state index is -3.37. The molecule has 0 saturated heterocycles. The topological polar surface area (TPSA) is 63.2 Å². The summed E-state index contributed by atoms with van der Waals surface area (Å²) in [4.78, 5) is 17.0. The third-order valence-electron chi connectivity index (χ3n) is 10.2. The van der Waals surface area contributed by atoms with Crippen LogP contribution < -0.4 is 18.8 Å². The van der Waals surface area contributed by atoms with Gasteiger partial charge >= 0.3 is 0 Å². The fourth-order valence-electron chi connectivity index (χ4n) is 7.26. The maximum absolute atomic E-state index is 8.48. The average Bonchev–Trinajstić information content (AvgIpc) is 3.13. The lowest BCUT2D eigenvalue weighted by atomic mass is 10.0. The molecule has 0 bridgehead atoms. The lowest BCUT2D eigenvalue weighted by molar-refractivity contribution is -0.297. The number of para-hydroxylation sites is 2. The molecular formula is C44H80N2O3P+. The standard InChI is InChI=1S/2C22H40N.HO3P/c2*1-5-9-15-21-16-13-14-17-22(21)23(18-10-6-2,19-11-7-3)20-12-8-4;1-4(2)3/h2*13-14,16-17H,5-12,15,18-20H2,1-4H3;(H,1,2,3)/q2*+1;/p-1. The Morgan fingerprint density at radius 2 is 0.640 bits per heavy atom. The van der Waals surface area contributed by atoms with Gasteiger partial charge in [-0.05, 0) is 76.3 Å². The maximum atomic E-state index is 8.48. The van der Waals surface area contributed by atoms with Gasteiger partial charge in [0.1, 0.15) is 11.4 Å². The normalized spacial score (nSPS) is 11.4. The van der Waals surface area contributed by atoms with Crippen LogP contribution in [-0.2, 0) is 17.4 Å². The highest BCUT2D eigenvalue weighted by atomic mass is 31.1. The molecule has 0 fully saturated rings. The van der Waals surface area contributed by atoms with E-state index in [1.807, 2.05) is 0 Å². The molecule has 0 heterocycles. The van der Waals surface area contributed by atoms with Gasteiger partial charge in [-0.1, -0.05) is 148 Å². The molecular weight excluding hydrogens is 635 g/mol. The second kappa shape index (κ2) is 31.0. The van der Waals surface area contributed by atoms with Gasteiger partial charge in [0.15, 0.2) is 0 Å². The Hall–Kier alpha value is -1.62. The first-order valence-electron chi connectivity index (χ1n) is 20.9. The van der Waals surface area contributed by atoms with Gasteiger partial charge in [0.25, 0.3) is 8.25 Å². The van der Waals surface area contributed by atoms with Crippen molar-refractivity contribution in [2.24, 2.45) is 0 Å². The number of nitrogens with zero attached hydrogens (tertiary/aromatic N) is 2. The van der Waals surface area contributed by atoms with Crippen molar-refractivity contribution in [3.63, 3.8) is 0 Å². The summed E-state index contributed by atoms with van der Waals surface area (Å²) in [6.07, 6.45) is 23.6. The molecule has 0 aromatic heterocycles. The van der Waals surface area contributed by atoms with Crippen molar-refractivity contribution in [3.05, 3.63) is 59.7 Å². The Morgan fingerprint density at radius 3 is 0.860 bits per heavy atom. The summed E-state index contributed by atoms with van der Waals surface area (Å²) in [6.45, 7) is 26.5. The van der Waals surface area contributed by atoms with Crippen LogP contribution in [0.2, 0.25) is 0 Å². The molecule has 288 valence electrons. The maximum Gasteiger partial charge on any atom is 0.276 e. The smallest absolute Gasteiger partial charge is 0.276 e. The summed E-state index contributed by atoms with van der Waals surface area (Å²) in [5.74, 6) is 0. The molecule has 5 nitrogen and oxygen atoms in total. The molecule has 0 aliphatic heterocycles. The van der Waals surface area contributed by atoms with Crippen molar-refractivity contribution < 1.29 is 14.4 Å². The van der Waals surface area contributed by atoms with Crippen LogP contribution in [0.3, 0.4) is 0 Å². The molecule has 0 N–H and O–H groups in total. The van der Waals surface area contributed by atoms with E-state index in [2.05, 4.69) is 104 Å². The molecule has 2 aromatic carbocycles. The Bertz CT molecular complexity index is 965. The van der Waals surface area contributed by atoms with Gasteiger partial charge in [0.2, 0.25) is 0 Å². The summed E-state index contributed by atoms with van der Waals surface area (Å²) >= 11 is 0. The minimum Gasteiger partial charge on any atom is -0.598 e. The minimum absolute atomic E-state index is 1.23. The first-order valence-corrected chi connectivity index (χ1v) is 22.0. The zero-order valence-corrected chi connectivity index (χ0v) is 35.1. The van der Waals surface area contributed by atoms with Crippen LogP contribution in [0.4, 0.5) is 11.4 Å². The fraction of sp³-hybridized carbons (Fsp3) is 0.727. The predicted molar refractivity (Wildman–Crippen MR) is 220 cm³/mol. The van der Waals surface area contributed by atoms with Crippen molar-refractivity contribution in [1.82, 2.24) is 8.97 Å². The van der Waals surface area contributed by atoms with Gasteiger partial charge < -0.3 is 9.79 Å². The van der Waals surface area contributed by atoms with Crippen LogP contribution in [0.1, 0.15) is 169 Å². The molecule has 0 atom stereocenters. The van der Waals surface area contributed by atoms with E-state index in [4.69, 9.17) is 14.4 Å². The predicted octanol–water partition coefficient (Wildman–Crippen LogP) is 11.8. The van der Waals surface area contributed by atoms with Crippen LogP contribution in [0.5, 0.6) is 0 Å². The Morgan fingerprint density at radius 1 is 0.420 bits per heavy atom. The number of quaternary nitrogens is 2. The summed E-state index contributed by atoms with van der Waals surface area (Å²) in [6, 6.07) is 18.7. The third kappa shape index (κ3) is 19.3. The fourth-order valence-corrected chi connectivity index (χ4v) is 7.26. The highest BCUT2D eigenvalue weighted by Crippen LogP contribution is 2.33. The Labute approximate surface area is 312 Å². The zero-order chi connectivity index (χ0) is 37.5. The lowest BCUT2D eigenvalue weighted by Gasteiger charge is -2.40. The number of benzene rings is 2. The van der Waals surface area contributed by atoms with Crippen LogP contribution in [-0.4, -0.2) is 39.3 Å². The van der Waals surface area contributed by atoms with E-state index in [1.165, 1.54) is 164 Å². The van der Waals surface area contributed by atoms with Gasteiger partial charge in [-0.3, -0.25) is 8.97 Å². The van der Waals surface area contributed by atoms with Gasteiger partial charge in [0.05, 0.1) is 39.3 Å². The first kappa shape index (κ1) is 48.4. The summed E-state index contributed by atoms with van der Waals surface area (Å²) < 4.78 is 10.9. The molecule has 2 aromatic rings. The van der Waals surface area contributed by atoms with Gasteiger partial charge in [-0.2, -0.15) is 0 Å². The molecule has 0 aliphatic carbocycles. The molecule has 6 heteroatoms. The average molecular weight is 716 g/mol. The van der Waals surface area contributed by atoms with Crippen LogP contribution in [0, 0.1) is 0 Å². The van der Waals surface area contributed by atoms with Crippen molar-refractivity contribution in [1.29, 1.82) is 0 Å². The molecule has 0 amide bonds. The first-order chi connectivity index (χ1) is 24.2. The summed E-state index contributed by atoms with van der Waals surface area (Å²) in [7, 11) is -3.37. The number of aryl methyl sites for hydroxylation is 2. The molecule has 0 spiro atoms. The van der Waals surface area contributed by atoms with Crippen molar-refractivity contribution >= 4 is 19.6 Å². The third-order valence-corrected chi connectivity index (χ3v) is 10.2. The van der Waals surface area contributed by atoms with Crippen LogP contribution in [0.25, 0.3) is 0 Å². The van der Waals surface area contributed by atoms with E-state index in [0.717, 1.165) is 0 Å². The van der Waals surface area contributed by atoms with Gasteiger partial charge in [0, 0.05) is 11.1 Å². The number of unbranched alkanes of at least 4 members (excludes halogenated alkanes) is 8. The van der Waals surface area contributed by atoms with E-state index >= 15 is 0 Å². The van der Waals surface area contributed by atoms with E-state index in [0.29, 0.717) is 0 Å². The molecule has 0 unspecified atom stereocenters. The second-order valence-electron chi connectivity index (χ2n) is 14.4. The SMILES string of the molecule is CCCCc1ccccc1[N+](CCCC)(CCCC)CCCC.CCCCc1ccccc1[N+](CCCC)(CCCC)CCCC.O=[P+]([O-])[O-].